The van der Waals surface area contributed by atoms with Gasteiger partial charge in [-0.3, -0.25) is 0 Å². The number of piperidine rings is 1. The summed E-state index contributed by atoms with van der Waals surface area (Å²) in [6.45, 7) is 4.13. The molecule has 1 rings (SSSR count). The molecule has 1 heterocycles. The van der Waals surface area contributed by atoms with Gasteiger partial charge in [0.05, 0.1) is 19.3 Å². The fraction of sp³-hybridized carbons (Fsp3) is 1.00. The van der Waals surface area contributed by atoms with Gasteiger partial charge in [0.25, 0.3) is 0 Å². The van der Waals surface area contributed by atoms with E-state index in [1.165, 1.54) is 25.9 Å². The molecule has 0 saturated carbocycles. The lowest BCUT2D eigenvalue weighted by Crippen LogP contribution is -2.42. The highest BCUT2D eigenvalue weighted by Crippen LogP contribution is 2.14. The summed E-state index contributed by atoms with van der Waals surface area (Å²) in [5, 5.41) is 12.4. The smallest absolute Gasteiger partial charge is 0.0638 e. The summed E-state index contributed by atoms with van der Waals surface area (Å²) in [7, 11) is 3.84. The molecule has 0 aromatic heterocycles. The summed E-state index contributed by atoms with van der Waals surface area (Å²) in [5.74, 6) is 0.757. The normalized spacial score (nSPS) is 21.8. The second kappa shape index (κ2) is 7.17. The van der Waals surface area contributed by atoms with Crippen LogP contribution in [0.25, 0.3) is 0 Å². The van der Waals surface area contributed by atoms with Gasteiger partial charge in [-0.25, -0.2) is 0 Å². The van der Waals surface area contributed by atoms with Gasteiger partial charge in [-0.1, -0.05) is 0 Å². The Morgan fingerprint density at radius 3 is 2.67 bits per heavy atom. The summed E-state index contributed by atoms with van der Waals surface area (Å²) >= 11 is 0. The van der Waals surface area contributed by atoms with Crippen LogP contribution in [-0.2, 0) is 4.74 Å². The molecular weight excluding hydrogens is 192 g/mol. The number of likely N-dealkylation sites (tertiary alicyclic amines) is 1. The zero-order valence-electron chi connectivity index (χ0n) is 9.91. The number of rotatable bonds is 6. The molecule has 0 aliphatic carbocycles. The third kappa shape index (κ3) is 4.93. The summed E-state index contributed by atoms with van der Waals surface area (Å²) in [6, 6.07) is 0.0923. The van der Waals surface area contributed by atoms with Gasteiger partial charge in [-0.15, -0.1) is 0 Å². The molecule has 1 atom stereocenters. The molecule has 1 fully saturated rings. The average Bonchev–Trinajstić information content (AvgIpc) is 2.26. The summed E-state index contributed by atoms with van der Waals surface area (Å²) in [5.41, 5.74) is 0. The van der Waals surface area contributed by atoms with Crippen molar-refractivity contribution in [3.05, 3.63) is 0 Å². The molecule has 15 heavy (non-hydrogen) atoms. The highest BCUT2D eigenvalue weighted by atomic mass is 16.5. The second-order valence-electron chi connectivity index (χ2n) is 4.49. The number of methoxy groups -OCH3 is 1. The van der Waals surface area contributed by atoms with E-state index in [2.05, 4.69) is 17.3 Å². The van der Waals surface area contributed by atoms with Crippen LogP contribution in [-0.4, -0.2) is 63.1 Å². The second-order valence-corrected chi connectivity index (χ2v) is 4.49. The molecule has 1 aliphatic rings. The first-order valence-electron chi connectivity index (χ1n) is 5.78. The summed E-state index contributed by atoms with van der Waals surface area (Å²) < 4.78 is 5.02. The van der Waals surface area contributed by atoms with Gasteiger partial charge < -0.3 is 20.1 Å². The van der Waals surface area contributed by atoms with E-state index < -0.39 is 0 Å². The lowest BCUT2D eigenvalue weighted by atomic mass is 9.97. The van der Waals surface area contributed by atoms with Gasteiger partial charge in [-0.05, 0) is 45.4 Å². The average molecular weight is 216 g/mol. The zero-order chi connectivity index (χ0) is 11.1. The SMILES string of the molecule is COCC(CO)NCC1CCN(C)CC1. The third-order valence-electron chi connectivity index (χ3n) is 3.12. The lowest BCUT2D eigenvalue weighted by molar-refractivity contribution is 0.122. The monoisotopic (exact) mass is 216 g/mol. The molecular formula is C11H24N2O2. The van der Waals surface area contributed by atoms with Gasteiger partial charge in [0, 0.05) is 7.11 Å². The first-order chi connectivity index (χ1) is 7.26. The quantitative estimate of drug-likeness (QED) is 0.652. The van der Waals surface area contributed by atoms with E-state index in [0.29, 0.717) is 6.61 Å². The van der Waals surface area contributed by atoms with Crippen molar-refractivity contribution in [2.24, 2.45) is 5.92 Å². The van der Waals surface area contributed by atoms with Gasteiger partial charge in [0.15, 0.2) is 0 Å². The molecule has 0 spiro atoms. The Balaban J connectivity index is 2.12. The Kier molecular flexibility index (Phi) is 6.17. The number of aliphatic hydroxyl groups excluding tert-OH is 1. The number of nitrogens with one attached hydrogen (secondary N) is 1. The number of hydrogen-bond donors (Lipinski definition) is 2. The molecule has 4 heteroatoms. The van der Waals surface area contributed by atoms with E-state index in [-0.39, 0.29) is 12.6 Å². The molecule has 0 aromatic carbocycles. The standard InChI is InChI=1S/C11H24N2O2/c1-13-5-3-10(4-6-13)7-12-11(8-14)9-15-2/h10-12,14H,3-9H2,1-2H3. The summed E-state index contributed by atoms with van der Waals surface area (Å²) in [4.78, 5) is 2.37. The van der Waals surface area contributed by atoms with E-state index in [9.17, 15) is 0 Å². The first kappa shape index (κ1) is 12.9. The Bertz CT molecular complexity index is 159. The van der Waals surface area contributed by atoms with Gasteiger partial charge in [0.1, 0.15) is 0 Å². The van der Waals surface area contributed by atoms with E-state index in [1.54, 1.807) is 7.11 Å². The topological polar surface area (TPSA) is 44.7 Å². The molecule has 1 aliphatic heterocycles. The predicted octanol–water partition coefficient (Wildman–Crippen LogP) is -0.0749. The predicted molar refractivity (Wildman–Crippen MR) is 61.0 cm³/mol. The molecule has 2 N–H and O–H groups in total. The van der Waals surface area contributed by atoms with Crippen molar-refractivity contribution >= 4 is 0 Å². The number of aliphatic hydroxyl groups is 1. The van der Waals surface area contributed by atoms with E-state index in [4.69, 9.17) is 9.84 Å². The Hall–Kier alpha value is -0.160. The van der Waals surface area contributed by atoms with Crippen LogP contribution in [0.2, 0.25) is 0 Å². The molecule has 0 radical (unpaired) electrons. The summed E-state index contributed by atoms with van der Waals surface area (Å²) in [6.07, 6.45) is 2.52. The highest BCUT2D eigenvalue weighted by molar-refractivity contribution is 4.74. The number of hydrogen-bond acceptors (Lipinski definition) is 4. The van der Waals surface area contributed by atoms with Crippen LogP contribution < -0.4 is 5.32 Å². The van der Waals surface area contributed by atoms with Crippen molar-refractivity contribution in [1.29, 1.82) is 0 Å². The minimum Gasteiger partial charge on any atom is -0.395 e. The molecule has 0 bridgehead atoms. The molecule has 1 unspecified atom stereocenters. The molecule has 4 nitrogen and oxygen atoms in total. The van der Waals surface area contributed by atoms with Crippen LogP contribution in [0.15, 0.2) is 0 Å². The molecule has 0 amide bonds. The Labute approximate surface area is 92.6 Å². The molecule has 1 saturated heterocycles. The van der Waals surface area contributed by atoms with E-state index >= 15 is 0 Å². The highest BCUT2D eigenvalue weighted by Gasteiger charge is 2.17. The minimum atomic E-state index is 0.0923. The fourth-order valence-corrected chi connectivity index (χ4v) is 1.98. The number of ether oxygens (including phenoxy) is 1. The van der Waals surface area contributed by atoms with Crippen molar-refractivity contribution < 1.29 is 9.84 Å². The van der Waals surface area contributed by atoms with Crippen LogP contribution in [0.4, 0.5) is 0 Å². The van der Waals surface area contributed by atoms with Crippen LogP contribution in [0.5, 0.6) is 0 Å². The zero-order valence-corrected chi connectivity index (χ0v) is 9.91. The maximum Gasteiger partial charge on any atom is 0.0638 e. The lowest BCUT2D eigenvalue weighted by Gasteiger charge is -2.30. The maximum atomic E-state index is 9.08. The van der Waals surface area contributed by atoms with E-state index in [1.807, 2.05) is 0 Å². The van der Waals surface area contributed by atoms with E-state index in [0.717, 1.165) is 12.5 Å². The third-order valence-corrected chi connectivity index (χ3v) is 3.12. The Morgan fingerprint density at radius 1 is 1.47 bits per heavy atom. The van der Waals surface area contributed by atoms with Crippen LogP contribution in [0, 0.1) is 5.92 Å². The van der Waals surface area contributed by atoms with Crippen molar-refractivity contribution in [2.45, 2.75) is 18.9 Å². The largest absolute Gasteiger partial charge is 0.395 e. The van der Waals surface area contributed by atoms with Crippen LogP contribution in [0.1, 0.15) is 12.8 Å². The van der Waals surface area contributed by atoms with Gasteiger partial charge in [-0.2, -0.15) is 0 Å². The first-order valence-corrected chi connectivity index (χ1v) is 5.78. The van der Waals surface area contributed by atoms with Crippen LogP contribution >= 0.6 is 0 Å². The van der Waals surface area contributed by atoms with Crippen molar-refractivity contribution in [1.82, 2.24) is 10.2 Å². The van der Waals surface area contributed by atoms with Gasteiger partial charge >= 0.3 is 0 Å². The molecule has 90 valence electrons. The van der Waals surface area contributed by atoms with Gasteiger partial charge in [0.2, 0.25) is 0 Å². The van der Waals surface area contributed by atoms with Crippen molar-refractivity contribution in [3.63, 3.8) is 0 Å². The molecule has 0 aromatic rings. The van der Waals surface area contributed by atoms with Crippen LogP contribution in [0.3, 0.4) is 0 Å². The minimum absolute atomic E-state index is 0.0923. The number of nitrogens with zero attached hydrogens (tertiary/aromatic N) is 1. The van der Waals surface area contributed by atoms with Crippen molar-refractivity contribution in [2.75, 3.05) is 47.0 Å². The fourth-order valence-electron chi connectivity index (χ4n) is 1.98. The van der Waals surface area contributed by atoms with Crippen molar-refractivity contribution in [3.8, 4) is 0 Å². The Morgan fingerprint density at radius 2 is 2.13 bits per heavy atom. The maximum absolute atomic E-state index is 9.08.